The van der Waals surface area contributed by atoms with Gasteiger partial charge in [-0.1, -0.05) is 42.5 Å². The quantitative estimate of drug-likeness (QED) is 0.704. The zero-order valence-electron chi connectivity index (χ0n) is 10.6. The third-order valence-electron chi connectivity index (χ3n) is 3.88. The predicted octanol–water partition coefficient (Wildman–Crippen LogP) is 4.78. The Bertz CT molecular complexity index is 535. The first-order chi connectivity index (χ1) is 9.24. The third kappa shape index (κ3) is 2.98. The molecule has 0 radical (unpaired) electrons. The molecule has 1 fully saturated rings. The van der Waals surface area contributed by atoms with Gasteiger partial charge in [0, 0.05) is 5.38 Å². The molecule has 0 amide bonds. The van der Waals surface area contributed by atoms with Crippen LogP contribution in [0.5, 0.6) is 0 Å². The standard InChI is InChI=1S/C17H16ClF/c18-17(10-12-6-8-14(19)9-7-12)16-11-15(16)13-4-2-1-3-5-13/h1-9,15-17H,10-11H2. The van der Waals surface area contributed by atoms with Crippen molar-refractivity contribution in [3.8, 4) is 0 Å². The number of benzene rings is 2. The van der Waals surface area contributed by atoms with Crippen LogP contribution in [-0.4, -0.2) is 5.38 Å². The Hall–Kier alpha value is -1.34. The van der Waals surface area contributed by atoms with E-state index in [1.54, 1.807) is 0 Å². The lowest BCUT2D eigenvalue weighted by molar-refractivity contribution is 0.626. The van der Waals surface area contributed by atoms with Crippen LogP contribution in [0.1, 0.15) is 23.5 Å². The van der Waals surface area contributed by atoms with Gasteiger partial charge in [0.2, 0.25) is 0 Å². The van der Waals surface area contributed by atoms with Gasteiger partial charge in [-0.15, -0.1) is 11.6 Å². The molecule has 0 spiro atoms. The summed E-state index contributed by atoms with van der Waals surface area (Å²) in [5.41, 5.74) is 2.50. The molecule has 2 heteroatoms. The molecule has 19 heavy (non-hydrogen) atoms. The Kier molecular flexibility index (Phi) is 3.56. The molecule has 3 rings (SSSR count). The number of rotatable bonds is 4. The highest BCUT2D eigenvalue weighted by Gasteiger charge is 2.42. The molecule has 0 aliphatic heterocycles. The highest BCUT2D eigenvalue weighted by Crippen LogP contribution is 2.51. The van der Waals surface area contributed by atoms with Crippen LogP contribution in [0, 0.1) is 11.7 Å². The van der Waals surface area contributed by atoms with Crippen LogP contribution < -0.4 is 0 Å². The van der Waals surface area contributed by atoms with E-state index in [1.165, 1.54) is 24.1 Å². The summed E-state index contributed by atoms with van der Waals surface area (Å²) >= 11 is 6.50. The maximum Gasteiger partial charge on any atom is 0.123 e. The van der Waals surface area contributed by atoms with Gasteiger partial charge in [-0.3, -0.25) is 0 Å². The first-order valence-corrected chi connectivity index (χ1v) is 7.11. The summed E-state index contributed by atoms with van der Waals surface area (Å²) in [4.78, 5) is 0. The van der Waals surface area contributed by atoms with Gasteiger partial charge in [0.1, 0.15) is 5.82 Å². The molecule has 2 aromatic carbocycles. The number of alkyl halides is 1. The van der Waals surface area contributed by atoms with Gasteiger partial charge in [-0.05, 0) is 47.9 Å². The highest BCUT2D eigenvalue weighted by atomic mass is 35.5. The zero-order valence-corrected chi connectivity index (χ0v) is 11.4. The minimum Gasteiger partial charge on any atom is -0.207 e. The minimum absolute atomic E-state index is 0.135. The normalized spacial score (nSPS) is 23.1. The van der Waals surface area contributed by atoms with E-state index >= 15 is 0 Å². The summed E-state index contributed by atoms with van der Waals surface area (Å²) in [5.74, 6) is 0.960. The maximum atomic E-state index is 12.8. The first-order valence-electron chi connectivity index (χ1n) is 6.67. The number of hydrogen-bond acceptors (Lipinski definition) is 0. The van der Waals surface area contributed by atoms with E-state index < -0.39 is 0 Å². The maximum absolute atomic E-state index is 12.8. The Labute approximate surface area is 118 Å². The molecule has 0 nitrogen and oxygen atoms in total. The molecule has 0 bridgehead atoms. The molecule has 1 aliphatic carbocycles. The second kappa shape index (κ2) is 5.34. The molecule has 1 saturated carbocycles. The second-order valence-corrected chi connectivity index (χ2v) is 5.82. The molecule has 0 N–H and O–H groups in total. The molecule has 3 atom stereocenters. The minimum atomic E-state index is -0.191. The number of halogens is 2. The lowest BCUT2D eigenvalue weighted by atomic mass is 10.0. The van der Waals surface area contributed by atoms with Crippen molar-refractivity contribution >= 4 is 11.6 Å². The smallest absolute Gasteiger partial charge is 0.123 e. The molecular formula is C17H16ClF. The Balaban J connectivity index is 1.61. The predicted molar refractivity (Wildman–Crippen MR) is 77.0 cm³/mol. The van der Waals surface area contributed by atoms with Gasteiger partial charge in [0.15, 0.2) is 0 Å². The van der Waals surface area contributed by atoms with Gasteiger partial charge in [-0.2, -0.15) is 0 Å². The monoisotopic (exact) mass is 274 g/mol. The van der Waals surface area contributed by atoms with Crippen LogP contribution >= 0.6 is 11.6 Å². The molecular weight excluding hydrogens is 259 g/mol. The summed E-state index contributed by atoms with van der Waals surface area (Å²) < 4.78 is 12.8. The highest BCUT2D eigenvalue weighted by molar-refractivity contribution is 6.21. The Morgan fingerprint density at radius 1 is 1.05 bits per heavy atom. The van der Waals surface area contributed by atoms with Crippen LogP contribution in [0.2, 0.25) is 0 Å². The van der Waals surface area contributed by atoms with Gasteiger partial charge in [0.05, 0.1) is 0 Å². The van der Waals surface area contributed by atoms with Crippen molar-refractivity contribution in [2.24, 2.45) is 5.92 Å². The Morgan fingerprint density at radius 3 is 2.42 bits per heavy atom. The van der Waals surface area contributed by atoms with Crippen LogP contribution in [-0.2, 0) is 6.42 Å². The lowest BCUT2D eigenvalue weighted by Crippen LogP contribution is -2.07. The Morgan fingerprint density at radius 2 is 1.74 bits per heavy atom. The van der Waals surface area contributed by atoms with E-state index in [1.807, 2.05) is 18.2 Å². The first kappa shape index (κ1) is 12.7. The summed E-state index contributed by atoms with van der Waals surface area (Å²) in [5, 5.41) is 0.135. The van der Waals surface area contributed by atoms with Gasteiger partial charge in [0.25, 0.3) is 0 Å². The summed E-state index contributed by atoms with van der Waals surface area (Å²) in [7, 11) is 0. The van der Waals surface area contributed by atoms with E-state index in [0.29, 0.717) is 11.8 Å². The molecule has 2 aromatic rings. The lowest BCUT2D eigenvalue weighted by Gasteiger charge is -2.09. The average Bonchev–Trinajstić information content (AvgIpc) is 3.23. The van der Waals surface area contributed by atoms with E-state index in [2.05, 4.69) is 24.3 Å². The van der Waals surface area contributed by atoms with Crippen molar-refractivity contribution < 1.29 is 4.39 Å². The second-order valence-electron chi connectivity index (χ2n) is 5.26. The average molecular weight is 275 g/mol. The van der Waals surface area contributed by atoms with Crippen LogP contribution in [0.3, 0.4) is 0 Å². The van der Waals surface area contributed by atoms with Crippen molar-refractivity contribution in [1.82, 2.24) is 0 Å². The summed E-state index contributed by atoms with van der Waals surface area (Å²) in [6, 6.07) is 17.2. The SMILES string of the molecule is Fc1ccc(CC(Cl)C2CC2c2ccccc2)cc1. The molecule has 98 valence electrons. The summed E-state index contributed by atoms with van der Waals surface area (Å²) in [6.07, 6.45) is 1.98. The molecule has 0 heterocycles. The number of hydrogen-bond donors (Lipinski definition) is 0. The third-order valence-corrected chi connectivity index (χ3v) is 4.35. The van der Waals surface area contributed by atoms with Crippen molar-refractivity contribution in [2.75, 3.05) is 0 Å². The summed E-state index contributed by atoms with van der Waals surface area (Å²) in [6.45, 7) is 0. The van der Waals surface area contributed by atoms with Gasteiger partial charge < -0.3 is 0 Å². The van der Waals surface area contributed by atoms with E-state index in [4.69, 9.17) is 11.6 Å². The van der Waals surface area contributed by atoms with Gasteiger partial charge >= 0.3 is 0 Å². The van der Waals surface area contributed by atoms with Crippen molar-refractivity contribution in [3.63, 3.8) is 0 Å². The van der Waals surface area contributed by atoms with Crippen molar-refractivity contribution in [3.05, 3.63) is 71.5 Å². The van der Waals surface area contributed by atoms with Crippen LogP contribution in [0.15, 0.2) is 54.6 Å². The largest absolute Gasteiger partial charge is 0.207 e. The van der Waals surface area contributed by atoms with E-state index in [0.717, 1.165) is 12.0 Å². The molecule has 0 saturated heterocycles. The fourth-order valence-corrected chi connectivity index (χ4v) is 3.15. The molecule has 3 unspecified atom stereocenters. The van der Waals surface area contributed by atoms with Crippen molar-refractivity contribution in [2.45, 2.75) is 24.1 Å². The van der Waals surface area contributed by atoms with Crippen LogP contribution in [0.25, 0.3) is 0 Å². The molecule has 1 aliphatic rings. The van der Waals surface area contributed by atoms with E-state index in [9.17, 15) is 4.39 Å². The zero-order chi connectivity index (χ0) is 13.2. The van der Waals surface area contributed by atoms with E-state index in [-0.39, 0.29) is 11.2 Å². The fourth-order valence-electron chi connectivity index (χ4n) is 2.69. The van der Waals surface area contributed by atoms with Crippen molar-refractivity contribution in [1.29, 1.82) is 0 Å². The molecule has 0 aromatic heterocycles. The van der Waals surface area contributed by atoms with Gasteiger partial charge in [-0.25, -0.2) is 4.39 Å². The van der Waals surface area contributed by atoms with Crippen LogP contribution in [0.4, 0.5) is 4.39 Å². The fraction of sp³-hybridized carbons (Fsp3) is 0.294. The topological polar surface area (TPSA) is 0 Å².